The molecule has 1 aliphatic rings. The second kappa shape index (κ2) is 8.20. The van der Waals surface area contributed by atoms with E-state index in [0.717, 1.165) is 33.9 Å². The Morgan fingerprint density at radius 3 is 2.60 bits per heavy atom. The van der Waals surface area contributed by atoms with Gasteiger partial charge in [-0.3, -0.25) is 4.98 Å². The highest BCUT2D eigenvalue weighted by atomic mass is 35.5. The zero-order chi connectivity index (χ0) is 21.4. The highest BCUT2D eigenvalue weighted by Gasteiger charge is 2.30. The zero-order valence-corrected chi connectivity index (χ0v) is 18.4. The van der Waals surface area contributed by atoms with Crippen molar-refractivity contribution >= 4 is 34.0 Å². The Labute approximate surface area is 182 Å². The summed E-state index contributed by atoms with van der Waals surface area (Å²) in [6.07, 6.45) is 8.28. The Morgan fingerprint density at radius 1 is 1.23 bits per heavy atom. The van der Waals surface area contributed by atoms with Gasteiger partial charge >= 0.3 is 0 Å². The molecule has 6 heteroatoms. The van der Waals surface area contributed by atoms with E-state index in [-0.39, 0.29) is 6.04 Å². The lowest BCUT2D eigenvalue weighted by molar-refractivity contribution is 0.227. The number of hydrogen-bond acceptors (Lipinski definition) is 3. The lowest BCUT2D eigenvalue weighted by atomic mass is 9.79. The fourth-order valence-corrected chi connectivity index (χ4v) is 4.76. The van der Waals surface area contributed by atoms with Gasteiger partial charge in [0.25, 0.3) is 5.82 Å². The average Bonchev–Trinajstić information content (AvgIpc) is 3.13. The number of halogens is 1. The Bertz CT molecular complexity index is 1150. The molecule has 0 aromatic carbocycles. The largest absolute Gasteiger partial charge is 0.361 e. The van der Waals surface area contributed by atoms with Crippen LogP contribution in [0.3, 0.4) is 0 Å². The molecule has 1 unspecified atom stereocenters. The summed E-state index contributed by atoms with van der Waals surface area (Å²) < 4.78 is 2.29. The Balaban J connectivity index is 1.97. The maximum Gasteiger partial charge on any atom is 0.272 e. The van der Waals surface area contributed by atoms with Crippen molar-refractivity contribution in [1.29, 1.82) is 0 Å². The third-order valence-electron chi connectivity index (χ3n) is 6.28. The first-order valence-electron chi connectivity index (χ1n) is 10.5. The van der Waals surface area contributed by atoms with Gasteiger partial charge in [-0.15, -0.1) is 4.98 Å². The van der Waals surface area contributed by atoms with E-state index in [2.05, 4.69) is 39.8 Å². The van der Waals surface area contributed by atoms with Crippen molar-refractivity contribution in [3.05, 3.63) is 53.4 Å². The summed E-state index contributed by atoms with van der Waals surface area (Å²) in [6, 6.07) is 3.86. The molecule has 4 rings (SSSR count). The summed E-state index contributed by atoms with van der Waals surface area (Å²) in [6.45, 7) is 18.3. The SMILES string of the molecule is [C-]#[N+]c1cc2nc(C(=C)C)n(C(C)C3CCC(C)CC3)c2c(-c2cncc(Cl)c2)n1. The van der Waals surface area contributed by atoms with Gasteiger partial charge in [0, 0.05) is 24.0 Å². The third-order valence-corrected chi connectivity index (χ3v) is 6.49. The van der Waals surface area contributed by atoms with Crippen LogP contribution in [0.4, 0.5) is 5.82 Å². The van der Waals surface area contributed by atoms with E-state index >= 15 is 0 Å². The molecule has 3 heterocycles. The predicted molar refractivity (Wildman–Crippen MR) is 123 cm³/mol. The van der Waals surface area contributed by atoms with Gasteiger partial charge in [0.15, 0.2) is 5.69 Å². The van der Waals surface area contributed by atoms with E-state index in [9.17, 15) is 0 Å². The van der Waals surface area contributed by atoms with Gasteiger partial charge in [-0.25, -0.2) is 4.98 Å². The minimum Gasteiger partial charge on any atom is -0.361 e. The van der Waals surface area contributed by atoms with Crippen LogP contribution in [-0.4, -0.2) is 19.5 Å². The molecule has 0 spiro atoms. The molecule has 3 aromatic rings. The van der Waals surface area contributed by atoms with Crippen molar-refractivity contribution in [3.8, 4) is 11.3 Å². The summed E-state index contributed by atoms with van der Waals surface area (Å²) in [5.74, 6) is 2.54. The molecule has 0 aliphatic heterocycles. The molecule has 154 valence electrons. The standard InChI is InChI=1S/C24H26ClN5/c1-14(2)24-28-20-11-21(26-5)29-22(18-10-19(25)13-27-12-18)23(20)30(24)16(4)17-8-6-15(3)7-9-17/h10-13,15-17H,1,6-9H2,2-4H3. The number of pyridine rings is 2. The van der Waals surface area contributed by atoms with Gasteiger partial charge in [-0.1, -0.05) is 44.5 Å². The molecule has 1 fully saturated rings. The molecule has 0 radical (unpaired) electrons. The van der Waals surface area contributed by atoms with Crippen LogP contribution in [0, 0.1) is 18.4 Å². The molecule has 30 heavy (non-hydrogen) atoms. The van der Waals surface area contributed by atoms with Crippen LogP contribution in [-0.2, 0) is 0 Å². The number of rotatable bonds is 4. The van der Waals surface area contributed by atoms with E-state index < -0.39 is 0 Å². The number of aromatic nitrogens is 4. The first kappa shape index (κ1) is 20.6. The first-order chi connectivity index (χ1) is 14.4. The van der Waals surface area contributed by atoms with E-state index in [1.54, 1.807) is 18.5 Å². The maximum atomic E-state index is 7.50. The average molecular weight is 420 g/mol. The van der Waals surface area contributed by atoms with Crippen LogP contribution in [0.25, 0.3) is 32.7 Å². The Hall–Kier alpha value is -2.71. The predicted octanol–water partition coefficient (Wildman–Crippen LogP) is 7.12. The number of imidazole rings is 1. The third kappa shape index (κ3) is 3.73. The van der Waals surface area contributed by atoms with Crippen LogP contribution < -0.4 is 0 Å². The highest BCUT2D eigenvalue weighted by molar-refractivity contribution is 6.30. The summed E-state index contributed by atoms with van der Waals surface area (Å²) in [4.78, 5) is 17.4. The quantitative estimate of drug-likeness (QED) is 0.423. The summed E-state index contributed by atoms with van der Waals surface area (Å²) in [5.41, 5.74) is 4.08. The normalized spacial score (nSPS) is 20.1. The molecule has 0 amide bonds. The first-order valence-corrected chi connectivity index (χ1v) is 10.8. The summed E-state index contributed by atoms with van der Waals surface area (Å²) in [5, 5.41) is 0.538. The summed E-state index contributed by atoms with van der Waals surface area (Å²) in [7, 11) is 0. The van der Waals surface area contributed by atoms with Gasteiger partial charge in [-0.05, 0) is 56.2 Å². The zero-order valence-electron chi connectivity index (χ0n) is 17.7. The molecule has 1 atom stereocenters. The number of nitrogens with zero attached hydrogens (tertiary/aromatic N) is 5. The van der Waals surface area contributed by atoms with Gasteiger partial charge in [0.05, 0.1) is 10.5 Å². The molecule has 0 N–H and O–H groups in total. The van der Waals surface area contributed by atoms with Crippen molar-refractivity contribution in [2.45, 2.75) is 52.5 Å². The van der Waals surface area contributed by atoms with Crippen molar-refractivity contribution < 1.29 is 0 Å². The number of allylic oxidation sites excluding steroid dienone is 1. The summed E-state index contributed by atoms with van der Waals surface area (Å²) >= 11 is 6.23. The van der Waals surface area contributed by atoms with E-state index in [1.807, 2.05) is 13.0 Å². The van der Waals surface area contributed by atoms with Crippen molar-refractivity contribution in [3.63, 3.8) is 0 Å². The van der Waals surface area contributed by atoms with Gasteiger partial charge in [0.1, 0.15) is 11.3 Å². The van der Waals surface area contributed by atoms with E-state index in [4.69, 9.17) is 23.2 Å². The second-order valence-electron chi connectivity index (χ2n) is 8.55. The van der Waals surface area contributed by atoms with Gasteiger partial charge < -0.3 is 9.41 Å². The minimum absolute atomic E-state index is 0.251. The van der Waals surface area contributed by atoms with Gasteiger partial charge in [-0.2, -0.15) is 0 Å². The lowest BCUT2D eigenvalue weighted by Crippen LogP contribution is -2.23. The van der Waals surface area contributed by atoms with Crippen molar-refractivity contribution in [1.82, 2.24) is 19.5 Å². The molecule has 0 bridgehead atoms. The lowest BCUT2D eigenvalue weighted by Gasteiger charge is -2.32. The number of fused-ring (bicyclic) bond motifs is 1. The Morgan fingerprint density at radius 2 is 1.97 bits per heavy atom. The maximum absolute atomic E-state index is 7.50. The highest BCUT2D eigenvalue weighted by Crippen LogP contribution is 2.41. The Kier molecular flexibility index (Phi) is 5.62. The topological polar surface area (TPSA) is 48.0 Å². The van der Waals surface area contributed by atoms with Crippen LogP contribution in [0.1, 0.15) is 58.3 Å². The molecule has 5 nitrogen and oxygen atoms in total. The van der Waals surface area contributed by atoms with Crippen molar-refractivity contribution in [2.24, 2.45) is 11.8 Å². The molecule has 1 saturated carbocycles. The molecular weight excluding hydrogens is 394 g/mol. The van der Waals surface area contributed by atoms with Crippen LogP contribution >= 0.6 is 11.6 Å². The van der Waals surface area contributed by atoms with Crippen molar-refractivity contribution in [2.75, 3.05) is 0 Å². The molecular formula is C24H26ClN5. The molecule has 3 aromatic heterocycles. The van der Waals surface area contributed by atoms with E-state index in [0.29, 0.717) is 22.5 Å². The van der Waals surface area contributed by atoms with E-state index in [1.165, 1.54) is 25.7 Å². The monoisotopic (exact) mass is 419 g/mol. The van der Waals surface area contributed by atoms with Gasteiger partial charge in [0.2, 0.25) is 0 Å². The minimum atomic E-state index is 0.251. The number of hydrogen-bond donors (Lipinski definition) is 0. The van der Waals surface area contributed by atoms with Crippen LogP contribution in [0.2, 0.25) is 5.02 Å². The smallest absolute Gasteiger partial charge is 0.272 e. The van der Waals surface area contributed by atoms with Crippen LogP contribution in [0.15, 0.2) is 31.1 Å². The fraction of sp³-hybridized carbons (Fsp3) is 0.417. The second-order valence-corrected chi connectivity index (χ2v) is 8.98. The van der Waals surface area contributed by atoms with Crippen LogP contribution in [0.5, 0.6) is 0 Å². The molecule has 0 saturated heterocycles. The molecule has 1 aliphatic carbocycles. The fourth-order valence-electron chi connectivity index (χ4n) is 4.58.